The molecule has 0 spiro atoms. The van der Waals surface area contributed by atoms with Gasteiger partial charge in [-0.2, -0.15) is 0 Å². The molecule has 1 heterocycles. The highest BCUT2D eigenvalue weighted by atomic mass is 16.6. The minimum absolute atomic E-state index is 0.0123. The van der Waals surface area contributed by atoms with Crippen LogP contribution in [0.4, 0.5) is 11.6 Å². The van der Waals surface area contributed by atoms with Crippen molar-refractivity contribution in [1.82, 2.24) is 9.97 Å². The van der Waals surface area contributed by atoms with Crippen molar-refractivity contribution in [1.29, 1.82) is 0 Å². The minimum atomic E-state index is -0.442. The highest BCUT2D eigenvalue weighted by Gasteiger charge is 2.17. The molecule has 1 N–H and O–H groups in total. The standard InChI is InChI=1S/C19H20N4O5/c1-11-16-14(9-15(27-3)17(11)28-4)20-19(21-18(16)24)22(2)10-12-6-5-7-13(8-12)23(25)26/h5-9H,10H2,1-4H3,(H,20,21,24). The molecule has 9 nitrogen and oxygen atoms in total. The van der Waals surface area contributed by atoms with Crippen molar-refractivity contribution >= 4 is 22.5 Å². The first-order valence-electron chi connectivity index (χ1n) is 8.45. The average Bonchev–Trinajstić information content (AvgIpc) is 2.67. The Morgan fingerprint density at radius 1 is 1.25 bits per heavy atom. The zero-order valence-electron chi connectivity index (χ0n) is 16.0. The van der Waals surface area contributed by atoms with Crippen LogP contribution in [0.5, 0.6) is 11.5 Å². The van der Waals surface area contributed by atoms with Crippen molar-refractivity contribution in [3.63, 3.8) is 0 Å². The van der Waals surface area contributed by atoms with Crippen LogP contribution in [0.25, 0.3) is 10.9 Å². The maximum absolute atomic E-state index is 12.7. The van der Waals surface area contributed by atoms with Gasteiger partial charge in [-0.05, 0) is 12.5 Å². The molecule has 0 radical (unpaired) electrons. The number of nitro benzene ring substituents is 1. The molecular formula is C19H20N4O5. The summed E-state index contributed by atoms with van der Waals surface area (Å²) in [6.07, 6.45) is 0. The molecule has 0 aliphatic carbocycles. The van der Waals surface area contributed by atoms with Gasteiger partial charge >= 0.3 is 0 Å². The third-order valence-corrected chi connectivity index (χ3v) is 4.47. The fraction of sp³-hybridized carbons (Fsp3) is 0.263. The minimum Gasteiger partial charge on any atom is -0.493 e. The highest BCUT2D eigenvalue weighted by molar-refractivity contribution is 5.86. The lowest BCUT2D eigenvalue weighted by atomic mass is 10.1. The maximum atomic E-state index is 12.7. The van der Waals surface area contributed by atoms with E-state index in [0.717, 1.165) is 5.56 Å². The van der Waals surface area contributed by atoms with Crippen molar-refractivity contribution < 1.29 is 14.4 Å². The smallest absolute Gasteiger partial charge is 0.269 e. The zero-order valence-corrected chi connectivity index (χ0v) is 16.0. The molecule has 0 saturated heterocycles. The van der Waals surface area contributed by atoms with E-state index < -0.39 is 4.92 Å². The topological polar surface area (TPSA) is 111 Å². The van der Waals surface area contributed by atoms with Crippen LogP contribution >= 0.6 is 0 Å². The number of hydrogen-bond donors (Lipinski definition) is 1. The summed E-state index contributed by atoms with van der Waals surface area (Å²) in [4.78, 5) is 32.2. The number of nitro groups is 1. The number of aromatic nitrogens is 2. The van der Waals surface area contributed by atoms with E-state index in [-0.39, 0.29) is 11.2 Å². The molecule has 0 fully saturated rings. The number of H-pyrrole nitrogens is 1. The Kier molecular flexibility index (Phi) is 5.16. The molecule has 9 heteroatoms. The van der Waals surface area contributed by atoms with Crippen molar-refractivity contribution in [2.24, 2.45) is 0 Å². The summed E-state index contributed by atoms with van der Waals surface area (Å²) >= 11 is 0. The molecule has 1 aromatic heterocycles. The van der Waals surface area contributed by atoms with Gasteiger partial charge in [0.1, 0.15) is 0 Å². The van der Waals surface area contributed by atoms with Gasteiger partial charge in [0.15, 0.2) is 11.5 Å². The van der Waals surface area contributed by atoms with Crippen LogP contribution in [0, 0.1) is 17.0 Å². The Hall–Kier alpha value is -3.62. The number of nitrogens with one attached hydrogen (secondary N) is 1. The zero-order chi connectivity index (χ0) is 20.4. The van der Waals surface area contributed by atoms with Crippen LogP contribution in [-0.2, 0) is 6.54 Å². The molecule has 0 aliphatic heterocycles. The van der Waals surface area contributed by atoms with Gasteiger partial charge in [-0.15, -0.1) is 0 Å². The third kappa shape index (κ3) is 3.46. The number of nitrogens with zero attached hydrogens (tertiary/aromatic N) is 3. The van der Waals surface area contributed by atoms with Gasteiger partial charge in [-0.3, -0.25) is 19.9 Å². The summed E-state index contributed by atoms with van der Waals surface area (Å²) in [6, 6.07) is 7.98. The van der Waals surface area contributed by atoms with E-state index in [4.69, 9.17) is 9.47 Å². The van der Waals surface area contributed by atoms with Crippen LogP contribution in [0.1, 0.15) is 11.1 Å². The van der Waals surface area contributed by atoms with Crippen molar-refractivity contribution in [3.05, 3.63) is 61.9 Å². The van der Waals surface area contributed by atoms with Gasteiger partial charge in [0.05, 0.1) is 30.0 Å². The van der Waals surface area contributed by atoms with Crippen molar-refractivity contribution in [2.45, 2.75) is 13.5 Å². The van der Waals surface area contributed by atoms with Crippen molar-refractivity contribution in [2.75, 3.05) is 26.2 Å². The van der Waals surface area contributed by atoms with Crippen LogP contribution < -0.4 is 19.9 Å². The number of aryl methyl sites for hydroxylation is 1. The number of ether oxygens (including phenoxy) is 2. The average molecular weight is 384 g/mol. The normalized spacial score (nSPS) is 10.7. The first-order chi connectivity index (χ1) is 13.3. The SMILES string of the molecule is COc1cc2nc(N(C)Cc3cccc([N+](=O)[O-])c3)[nH]c(=O)c2c(C)c1OC. The lowest BCUT2D eigenvalue weighted by Gasteiger charge is -2.19. The molecule has 146 valence electrons. The van der Waals surface area contributed by atoms with Gasteiger partial charge in [0.2, 0.25) is 5.95 Å². The fourth-order valence-electron chi connectivity index (χ4n) is 3.14. The van der Waals surface area contributed by atoms with E-state index in [9.17, 15) is 14.9 Å². The first-order valence-corrected chi connectivity index (χ1v) is 8.45. The molecule has 0 saturated carbocycles. The van der Waals surface area contributed by atoms with Crippen LogP contribution in [-0.4, -0.2) is 36.2 Å². The van der Waals surface area contributed by atoms with Crippen molar-refractivity contribution in [3.8, 4) is 11.5 Å². The number of non-ortho nitro benzene ring substituents is 1. The van der Waals surface area contributed by atoms with Gasteiger partial charge in [0, 0.05) is 37.4 Å². The van der Waals surface area contributed by atoms with Gasteiger partial charge in [0.25, 0.3) is 11.2 Å². The molecule has 0 atom stereocenters. The molecule has 0 bridgehead atoms. The van der Waals surface area contributed by atoms with Gasteiger partial charge in [-0.1, -0.05) is 12.1 Å². The lowest BCUT2D eigenvalue weighted by molar-refractivity contribution is -0.384. The number of aromatic amines is 1. The number of fused-ring (bicyclic) bond motifs is 1. The quantitative estimate of drug-likeness (QED) is 0.514. The Balaban J connectivity index is 2.03. The Morgan fingerprint density at radius 3 is 2.64 bits per heavy atom. The molecule has 0 unspecified atom stereocenters. The molecule has 28 heavy (non-hydrogen) atoms. The maximum Gasteiger partial charge on any atom is 0.269 e. The molecular weight excluding hydrogens is 364 g/mol. The number of anilines is 1. The number of methoxy groups -OCH3 is 2. The predicted molar refractivity (Wildman–Crippen MR) is 105 cm³/mol. The summed E-state index contributed by atoms with van der Waals surface area (Å²) in [5.74, 6) is 1.31. The monoisotopic (exact) mass is 384 g/mol. The predicted octanol–water partition coefficient (Wildman–Crippen LogP) is 2.79. The summed E-state index contributed by atoms with van der Waals surface area (Å²) in [5.41, 5.74) is 1.55. The molecule has 0 aliphatic rings. The van der Waals surface area contributed by atoms with Crippen LogP contribution in [0.2, 0.25) is 0 Å². The molecule has 2 aromatic carbocycles. The highest BCUT2D eigenvalue weighted by Crippen LogP contribution is 2.35. The van der Waals surface area contributed by atoms with E-state index in [1.54, 1.807) is 37.1 Å². The van der Waals surface area contributed by atoms with E-state index >= 15 is 0 Å². The summed E-state index contributed by atoms with van der Waals surface area (Å²) < 4.78 is 10.7. The Bertz CT molecular complexity index is 1110. The number of rotatable bonds is 6. The third-order valence-electron chi connectivity index (χ3n) is 4.47. The number of benzene rings is 2. The largest absolute Gasteiger partial charge is 0.493 e. The van der Waals surface area contributed by atoms with Gasteiger partial charge < -0.3 is 14.4 Å². The second-order valence-electron chi connectivity index (χ2n) is 6.30. The number of hydrogen-bond acceptors (Lipinski definition) is 7. The second kappa shape index (κ2) is 7.55. The summed E-state index contributed by atoms with van der Waals surface area (Å²) in [7, 11) is 4.78. The second-order valence-corrected chi connectivity index (χ2v) is 6.30. The molecule has 0 amide bonds. The van der Waals surface area contributed by atoms with E-state index in [1.165, 1.54) is 26.4 Å². The Labute approximate surface area is 160 Å². The first kappa shape index (κ1) is 19.2. The van der Waals surface area contributed by atoms with E-state index in [0.29, 0.717) is 40.5 Å². The summed E-state index contributed by atoms with van der Waals surface area (Å²) in [5, 5.41) is 11.4. The van der Waals surface area contributed by atoms with Crippen LogP contribution in [0.15, 0.2) is 35.1 Å². The molecule has 3 aromatic rings. The Morgan fingerprint density at radius 2 is 2.00 bits per heavy atom. The summed E-state index contributed by atoms with van der Waals surface area (Å²) in [6.45, 7) is 2.11. The molecule has 3 rings (SSSR count). The lowest BCUT2D eigenvalue weighted by Crippen LogP contribution is -2.23. The van der Waals surface area contributed by atoms with Gasteiger partial charge in [-0.25, -0.2) is 4.98 Å². The van der Waals surface area contributed by atoms with E-state index in [2.05, 4.69) is 9.97 Å². The van der Waals surface area contributed by atoms with Crippen LogP contribution in [0.3, 0.4) is 0 Å². The van der Waals surface area contributed by atoms with E-state index in [1.807, 2.05) is 0 Å². The fourth-order valence-corrected chi connectivity index (χ4v) is 3.14.